The van der Waals surface area contributed by atoms with E-state index < -0.39 is 11.6 Å². The Morgan fingerprint density at radius 3 is 2.21 bits per heavy atom. The molecule has 0 saturated carbocycles. The van der Waals surface area contributed by atoms with Crippen LogP contribution in [-0.4, -0.2) is 57.5 Å². The van der Waals surface area contributed by atoms with Gasteiger partial charge in [0.05, 0.1) is 18.5 Å². The molecule has 0 radical (unpaired) electrons. The number of imide groups is 1. The highest BCUT2D eigenvalue weighted by molar-refractivity contribution is 6.30. The molecule has 196 valence electrons. The van der Waals surface area contributed by atoms with Crippen molar-refractivity contribution >= 4 is 23.6 Å². The van der Waals surface area contributed by atoms with Gasteiger partial charge < -0.3 is 4.74 Å². The molecule has 0 aliphatic carbocycles. The molecule has 9 heteroatoms. The Balaban J connectivity index is 1.28. The number of likely N-dealkylation sites (tertiary alicyclic amines) is 1. The molecule has 3 amide bonds. The number of ether oxygens (including phenoxy) is 1. The molecule has 0 bridgehead atoms. The van der Waals surface area contributed by atoms with Crippen molar-refractivity contribution in [3.8, 4) is 17.0 Å². The largest absolute Gasteiger partial charge is 0.481 e. The Hall–Kier alpha value is -4.63. The van der Waals surface area contributed by atoms with Crippen LogP contribution in [0.1, 0.15) is 18.5 Å². The van der Waals surface area contributed by atoms with Crippen molar-refractivity contribution in [3.05, 3.63) is 97.0 Å². The number of rotatable bonds is 6. The summed E-state index contributed by atoms with van der Waals surface area (Å²) in [5, 5.41) is 0. The average Bonchev–Trinajstić information content (AvgIpc) is 3.20. The van der Waals surface area contributed by atoms with E-state index in [-0.39, 0.29) is 11.9 Å². The maximum Gasteiger partial charge on any atom is 0.339 e. The summed E-state index contributed by atoms with van der Waals surface area (Å²) in [7, 11) is 1.60. The quantitative estimate of drug-likeness (QED) is 0.344. The van der Waals surface area contributed by atoms with E-state index in [9.17, 15) is 9.59 Å². The maximum absolute atomic E-state index is 14.1. The number of amides is 3. The number of nitrogens with zero attached hydrogens (tertiary/aromatic N) is 6. The lowest BCUT2D eigenvalue weighted by atomic mass is 9.85. The molecule has 0 unspecified atom stereocenters. The summed E-state index contributed by atoms with van der Waals surface area (Å²) in [5.41, 5.74) is 2.44. The van der Waals surface area contributed by atoms with Crippen LogP contribution in [0.4, 0.5) is 16.4 Å². The number of hydrogen-bond acceptors (Lipinski definition) is 7. The fourth-order valence-corrected chi connectivity index (χ4v) is 5.43. The molecule has 39 heavy (non-hydrogen) atoms. The van der Waals surface area contributed by atoms with Gasteiger partial charge in [-0.2, -0.15) is 0 Å². The van der Waals surface area contributed by atoms with E-state index >= 15 is 0 Å². The summed E-state index contributed by atoms with van der Waals surface area (Å²) < 4.78 is 5.26. The predicted molar refractivity (Wildman–Crippen MR) is 147 cm³/mol. The number of benzene rings is 2. The Kier molecular flexibility index (Phi) is 6.50. The van der Waals surface area contributed by atoms with Crippen LogP contribution in [0.15, 0.2) is 91.3 Å². The minimum atomic E-state index is -1.06. The van der Waals surface area contributed by atoms with Gasteiger partial charge in [-0.3, -0.25) is 9.69 Å². The first-order valence-corrected chi connectivity index (χ1v) is 12.9. The second-order valence-electron chi connectivity index (χ2n) is 9.70. The van der Waals surface area contributed by atoms with Gasteiger partial charge in [-0.15, -0.1) is 0 Å². The van der Waals surface area contributed by atoms with Crippen molar-refractivity contribution in [2.24, 2.45) is 0 Å². The number of methoxy groups -OCH3 is 1. The van der Waals surface area contributed by atoms with Crippen LogP contribution in [0.2, 0.25) is 0 Å². The average molecular weight is 521 g/mol. The van der Waals surface area contributed by atoms with Crippen molar-refractivity contribution in [1.29, 1.82) is 0 Å². The number of hydrogen-bond donors (Lipinski definition) is 0. The Morgan fingerprint density at radius 2 is 1.51 bits per heavy atom. The minimum absolute atomic E-state index is 0.238. The van der Waals surface area contributed by atoms with Crippen molar-refractivity contribution in [2.45, 2.75) is 24.9 Å². The summed E-state index contributed by atoms with van der Waals surface area (Å²) >= 11 is 0. The number of aromatic nitrogens is 3. The number of urea groups is 1. The topological polar surface area (TPSA) is 91.8 Å². The van der Waals surface area contributed by atoms with Crippen molar-refractivity contribution in [2.75, 3.05) is 30.0 Å². The van der Waals surface area contributed by atoms with Crippen molar-refractivity contribution in [1.82, 2.24) is 19.9 Å². The molecule has 0 N–H and O–H groups in total. The predicted octanol–water partition coefficient (Wildman–Crippen LogP) is 4.56. The van der Waals surface area contributed by atoms with Crippen LogP contribution in [0.25, 0.3) is 11.1 Å². The number of carbonyl (C=O) groups excluding carboxylic acids is 2. The van der Waals surface area contributed by atoms with Crippen molar-refractivity contribution in [3.63, 3.8) is 0 Å². The van der Waals surface area contributed by atoms with E-state index in [2.05, 4.69) is 19.9 Å². The van der Waals surface area contributed by atoms with E-state index in [1.807, 2.05) is 72.8 Å². The third kappa shape index (κ3) is 4.51. The SMILES string of the molecule is COc1cccc(CN2CCC3(CC2)C(=O)N(c2ccc(-c4ccccc4)cc2)C(=O)N3c2ncccn2)n1. The van der Waals surface area contributed by atoms with Gasteiger partial charge in [-0.25, -0.2) is 29.5 Å². The number of carbonyl (C=O) groups is 2. The molecule has 2 aliphatic heterocycles. The molecule has 4 heterocycles. The van der Waals surface area contributed by atoms with Crippen LogP contribution in [0, 0.1) is 0 Å². The molecule has 2 saturated heterocycles. The Labute approximate surface area is 226 Å². The van der Waals surface area contributed by atoms with Crippen LogP contribution in [0.5, 0.6) is 5.88 Å². The van der Waals surface area contributed by atoms with Crippen LogP contribution in [-0.2, 0) is 11.3 Å². The molecule has 0 atom stereocenters. The van der Waals surface area contributed by atoms with Crippen LogP contribution < -0.4 is 14.5 Å². The molecule has 2 fully saturated rings. The molecule has 6 rings (SSSR count). The van der Waals surface area contributed by atoms with Gasteiger partial charge in [-0.1, -0.05) is 48.5 Å². The maximum atomic E-state index is 14.1. The first-order chi connectivity index (χ1) is 19.1. The Bertz CT molecular complexity index is 1470. The van der Waals surface area contributed by atoms with Gasteiger partial charge in [0.25, 0.3) is 5.91 Å². The fraction of sp³-hybridized carbons (Fsp3) is 0.233. The van der Waals surface area contributed by atoms with Gasteiger partial charge in [0.2, 0.25) is 11.8 Å². The van der Waals surface area contributed by atoms with E-state index in [0.29, 0.717) is 44.0 Å². The zero-order valence-electron chi connectivity index (χ0n) is 21.6. The van der Waals surface area contributed by atoms with Crippen LogP contribution in [0.3, 0.4) is 0 Å². The highest BCUT2D eigenvalue weighted by Gasteiger charge is 2.60. The summed E-state index contributed by atoms with van der Waals surface area (Å²) in [4.78, 5) is 46.3. The van der Waals surface area contributed by atoms with Gasteiger partial charge in [-0.05, 0) is 48.2 Å². The van der Waals surface area contributed by atoms with Gasteiger partial charge in [0.1, 0.15) is 5.54 Å². The van der Waals surface area contributed by atoms with E-state index in [0.717, 1.165) is 16.8 Å². The molecule has 9 nitrogen and oxygen atoms in total. The zero-order chi connectivity index (χ0) is 26.8. The summed E-state index contributed by atoms with van der Waals surface area (Å²) in [6, 6.07) is 24.5. The molecular weight excluding hydrogens is 492 g/mol. The number of piperidine rings is 1. The monoisotopic (exact) mass is 520 g/mol. The summed E-state index contributed by atoms with van der Waals surface area (Å²) in [6.45, 7) is 1.85. The van der Waals surface area contributed by atoms with Crippen molar-refractivity contribution < 1.29 is 14.3 Å². The fourth-order valence-electron chi connectivity index (χ4n) is 5.43. The standard InChI is InChI=1S/C30H28N6O3/c1-39-26-10-5-9-24(33-26)21-34-19-15-30(16-20-34)27(37)35(29(38)36(30)28-31-17-6-18-32-28)25-13-11-23(12-14-25)22-7-3-2-4-8-22/h2-14,17-18H,15-16,19-21H2,1H3. The van der Waals surface area contributed by atoms with E-state index in [1.165, 1.54) is 9.80 Å². The molecule has 2 aromatic carbocycles. The smallest absolute Gasteiger partial charge is 0.339 e. The lowest BCUT2D eigenvalue weighted by Gasteiger charge is -2.41. The molecule has 2 aromatic heterocycles. The first kappa shape index (κ1) is 24.7. The second kappa shape index (κ2) is 10.3. The summed E-state index contributed by atoms with van der Waals surface area (Å²) in [5.74, 6) is 0.563. The van der Waals surface area contributed by atoms with Gasteiger partial charge in [0, 0.05) is 38.1 Å². The lowest BCUT2D eigenvalue weighted by molar-refractivity contribution is -0.123. The first-order valence-electron chi connectivity index (χ1n) is 12.9. The van der Waals surface area contributed by atoms with Gasteiger partial charge in [0.15, 0.2) is 0 Å². The third-order valence-electron chi connectivity index (χ3n) is 7.46. The third-order valence-corrected chi connectivity index (χ3v) is 7.46. The Morgan fingerprint density at radius 1 is 0.821 bits per heavy atom. The molecule has 2 aliphatic rings. The van der Waals surface area contributed by atoms with E-state index in [4.69, 9.17) is 4.74 Å². The lowest BCUT2D eigenvalue weighted by Crippen LogP contribution is -2.57. The summed E-state index contributed by atoms with van der Waals surface area (Å²) in [6.07, 6.45) is 4.10. The normalized spacial score (nSPS) is 17.2. The van der Waals surface area contributed by atoms with Gasteiger partial charge >= 0.3 is 6.03 Å². The van der Waals surface area contributed by atoms with E-state index in [1.54, 1.807) is 25.6 Å². The number of pyridine rings is 1. The number of anilines is 2. The molecule has 1 spiro atoms. The second-order valence-corrected chi connectivity index (χ2v) is 9.70. The highest BCUT2D eigenvalue weighted by Crippen LogP contribution is 2.41. The highest BCUT2D eigenvalue weighted by atomic mass is 16.5. The molecular formula is C30H28N6O3. The van der Waals surface area contributed by atoms with Crippen LogP contribution >= 0.6 is 0 Å². The molecule has 4 aromatic rings. The zero-order valence-corrected chi connectivity index (χ0v) is 21.6. The minimum Gasteiger partial charge on any atom is -0.481 e.